The van der Waals surface area contributed by atoms with E-state index < -0.39 is 0 Å². The molecule has 1 aromatic carbocycles. The molecule has 1 aromatic heterocycles. The summed E-state index contributed by atoms with van der Waals surface area (Å²) in [7, 11) is 0. The normalized spacial score (nSPS) is 10.2. The van der Waals surface area contributed by atoms with Gasteiger partial charge >= 0.3 is 0 Å². The molecule has 0 N–H and O–H groups in total. The first kappa shape index (κ1) is 9.57. The number of thioether (sulfide) groups is 1. The van der Waals surface area contributed by atoms with Crippen LogP contribution in [-0.2, 0) is 0 Å². The summed E-state index contributed by atoms with van der Waals surface area (Å²) >= 11 is 3.47. The van der Waals surface area contributed by atoms with Crippen LogP contribution in [0.1, 0.15) is 6.42 Å². The van der Waals surface area contributed by atoms with Crippen molar-refractivity contribution in [1.29, 1.82) is 0 Å². The van der Waals surface area contributed by atoms with E-state index >= 15 is 0 Å². The second-order valence-electron chi connectivity index (χ2n) is 2.75. The van der Waals surface area contributed by atoms with Gasteiger partial charge in [-0.05, 0) is 12.1 Å². The fourth-order valence-electron chi connectivity index (χ4n) is 1.11. The Morgan fingerprint density at radius 1 is 1.43 bits per heavy atom. The van der Waals surface area contributed by atoms with Gasteiger partial charge < -0.3 is 0 Å². The lowest BCUT2D eigenvalue weighted by Crippen LogP contribution is -1.74. The van der Waals surface area contributed by atoms with Crippen molar-refractivity contribution in [1.82, 2.24) is 4.98 Å². The molecule has 0 fully saturated rings. The van der Waals surface area contributed by atoms with Gasteiger partial charge in [-0.25, -0.2) is 4.98 Å². The van der Waals surface area contributed by atoms with Crippen LogP contribution in [0.4, 0.5) is 0 Å². The number of nitrogens with zero attached hydrogens (tertiary/aromatic N) is 1. The van der Waals surface area contributed by atoms with E-state index in [4.69, 9.17) is 6.42 Å². The standard InChI is InChI=1S/C11H9NS2/c1-2-3-8-13-11-12-9-6-4-5-7-10(9)14-11/h1,4-7H,3,8H2. The molecule has 0 unspecified atom stereocenters. The first-order valence-electron chi connectivity index (χ1n) is 4.32. The Balaban J connectivity index is 2.15. The summed E-state index contributed by atoms with van der Waals surface area (Å²) in [6, 6.07) is 8.18. The fraction of sp³-hybridized carbons (Fsp3) is 0.182. The molecule has 70 valence electrons. The van der Waals surface area contributed by atoms with Crippen LogP contribution in [-0.4, -0.2) is 10.7 Å². The lowest BCUT2D eigenvalue weighted by atomic mass is 10.3. The third-order valence-corrected chi connectivity index (χ3v) is 3.93. The third kappa shape index (κ3) is 2.09. The monoisotopic (exact) mass is 219 g/mol. The van der Waals surface area contributed by atoms with E-state index in [0.29, 0.717) is 0 Å². The molecular formula is C11H9NS2. The molecule has 3 heteroatoms. The van der Waals surface area contributed by atoms with E-state index in [9.17, 15) is 0 Å². The molecule has 2 rings (SSSR count). The molecule has 0 aliphatic carbocycles. The first-order valence-corrected chi connectivity index (χ1v) is 6.12. The molecule has 0 saturated heterocycles. The van der Waals surface area contributed by atoms with Crippen molar-refractivity contribution in [3.63, 3.8) is 0 Å². The number of terminal acetylenes is 1. The Morgan fingerprint density at radius 2 is 2.29 bits per heavy atom. The zero-order valence-electron chi connectivity index (χ0n) is 7.56. The van der Waals surface area contributed by atoms with Crippen molar-refractivity contribution >= 4 is 33.3 Å². The Morgan fingerprint density at radius 3 is 3.07 bits per heavy atom. The minimum atomic E-state index is 0.806. The molecule has 0 radical (unpaired) electrons. The van der Waals surface area contributed by atoms with Crippen LogP contribution >= 0.6 is 23.1 Å². The average molecular weight is 219 g/mol. The van der Waals surface area contributed by atoms with Gasteiger partial charge in [0.05, 0.1) is 10.2 Å². The van der Waals surface area contributed by atoms with Crippen LogP contribution in [0.25, 0.3) is 10.2 Å². The summed E-state index contributed by atoms with van der Waals surface area (Å²) in [6.45, 7) is 0. The van der Waals surface area contributed by atoms with E-state index in [1.165, 1.54) is 4.70 Å². The van der Waals surface area contributed by atoms with Crippen molar-refractivity contribution in [2.75, 3.05) is 5.75 Å². The highest BCUT2D eigenvalue weighted by Gasteiger charge is 2.02. The van der Waals surface area contributed by atoms with Crippen LogP contribution in [0.15, 0.2) is 28.6 Å². The summed E-state index contributed by atoms with van der Waals surface area (Å²) < 4.78 is 2.36. The number of hydrogen-bond acceptors (Lipinski definition) is 3. The zero-order chi connectivity index (χ0) is 9.80. The fourth-order valence-corrected chi connectivity index (χ4v) is 3.12. The van der Waals surface area contributed by atoms with Crippen LogP contribution < -0.4 is 0 Å². The van der Waals surface area contributed by atoms with Crippen molar-refractivity contribution in [2.24, 2.45) is 0 Å². The van der Waals surface area contributed by atoms with Crippen LogP contribution in [0, 0.1) is 12.3 Å². The van der Waals surface area contributed by atoms with Gasteiger partial charge in [0, 0.05) is 12.2 Å². The summed E-state index contributed by atoms with van der Waals surface area (Å²) in [5.41, 5.74) is 1.08. The van der Waals surface area contributed by atoms with E-state index in [1.807, 2.05) is 18.2 Å². The Hall–Kier alpha value is -0.980. The van der Waals surface area contributed by atoms with Gasteiger partial charge in [0.1, 0.15) is 0 Å². The summed E-state index contributed by atoms with van der Waals surface area (Å²) in [5.74, 6) is 3.58. The molecular weight excluding hydrogens is 210 g/mol. The maximum atomic E-state index is 5.19. The van der Waals surface area contributed by atoms with Crippen LogP contribution in [0.2, 0.25) is 0 Å². The molecule has 1 nitrogen and oxygen atoms in total. The number of aromatic nitrogens is 1. The van der Waals surface area contributed by atoms with Gasteiger partial charge in [0.25, 0.3) is 0 Å². The molecule has 2 aromatic rings. The molecule has 0 bridgehead atoms. The topological polar surface area (TPSA) is 12.9 Å². The van der Waals surface area contributed by atoms with Gasteiger partial charge in [0.2, 0.25) is 0 Å². The number of para-hydroxylation sites is 1. The highest BCUT2D eigenvalue weighted by Crippen LogP contribution is 2.29. The van der Waals surface area contributed by atoms with Gasteiger partial charge in [-0.15, -0.1) is 23.7 Å². The third-order valence-electron chi connectivity index (χ3n) is 1.75. The molecule has 0 aliphatic heterocycles. The van der Waals surface area contributed by atoms with Crippen molar-refractivity contribution in [3.8, 4) is 12.3 Å². The predicted molar refractivity (Wildman–Crippen MR) is 63.8 cm³/mol. The predicted octanol–water partition coefficient (Wildman–Crippen LogP) is 3.41. The van der Waals surface area contributed by atoms with Crippen LogP contribution in [0.5, 0.6) is 0 Å². The van der Waals surface area contributed by atoms with Crippen molar-refractivity contribution in [3.05, 3.63) is 24.3 Å². The number of rotatable bonds is 3. The molecule has 0 amide bonds. The largest absolute Gasteiger partial charge is 0.230 e. The van der Waals surface area contributed by atoms with Gasteiger partial charge in [-0.1, -0.05) is 23.9 Å². The minimum Gasteiger partial charge on any atom is -0.230 e. The number of fused-ring (bicyclic) bond motifs is 1. The molecule has 1 heterocycles. The summed E-state index contributed by atoms with van der Waals surface area (Å²) in [4.78, 5) is 4.50. The van der Waals surface area contributed by atoms with Crippen LogP contribution in [0.3, 0.4) is 0 Å². The minimum absolute atomic E-state index is 0.806. The maximum Gasteiger partial charge on any atom is 0.151 e. The van der Waals surface area contributed by atoms with Gasteiger partial charge in [-0.2, -0.15) is 0 Å². The highest BCUT2D eigenvalue weighted by molar-refractivity contribution is 8.01. The molecule has 14 heavy (non-hydrogen) atoms. The van der Waals surface area contributed by atoms with E-state index in [0.717, 1.165) is 22.0 Å². The summed E-state index contributed by atoms with van der Waals surface area (Å²) in [6.07, 6.45) is 5.99. The lowest BCUT2D eigenvalue weighted by Gasteiger charge is -1.89. The van der Waals surface area contributed by atoms with E-state index in [1.54, 1.807) is 23.1 Å². The number of benzene rings is 1. The molecule has 0 aliphatic rings. The molecule has 0 atom stereocenters. The lowest BCUT2D eigenvalue weighted by molar-refractivity contribution is 1.26. The van der Waals surface area contributed by atoms with E-state index in [2.05, 4.69) is 17.0 Å². The quantitative estimate of drug-likeness (QED) is 0.446. The Labute approximate surface area is 91.6 Å². The highest BCUT2D eigenvalue weighted by atomic mass is 32.2. The smallest absolute Gasteiger partial charge is 0.151 e. The van der Waals surface area contributed by atoms with Gasteiger partial charge in [0.15, 0.2) is 4.34 Å². The second-order valence-corrected chi connectivity index (χ2v) is 5.12. The molecule has 0 spiro atoms. The van der Waals surface area contributed by atoms with Crippen molar-refractivity contribution < 1.29 is 0 Å². The SMILES string of the molecule is C#CCCSc1nc2ccccc2s1. The summed E-state index contributed by atoms with van der Waals surface area (Å²) in [5, 5.41) is 0. The Bertz CT molecular complexity index is 434. The first-order chi connectivity index (χ1) is 6.90. The molecule has 0 saturated carbocycles. The van der Waals surface area contributed by atoms with Gasteiger partial charge in [-0.3, -0.25) is 0 Å². The second kappa shape index (κ2) is 4.50. The number of thiazole rings is 1. The number of hydrogen-bond donors (Lipinski definition) is 0. The van der Waals surface area contributed by atoms with Crippen molar-refractivity contribution in [2.45, 2.75) is 10.8 Å². The van der Waals surface area contributed by atoms with E-state index in [-0.39, 0.29) is 0 Å². The Kier molecular flexibility index (Phi) is 3.07. The zero-order valence-corrected chi connectivity index (χ0v) is 9.20. The maximum absolute atomic E-state index is 5.19. The average Bonchev–Trinajstić information content (AvgIpc) is 2.60.